The standard InChI is InChI=1S/C20H20N6S/c1-13-6-4-7-14(12-13)26-18(21)16-17(15-8-5-11-27-15)22-20(23-19(16)24-26)25-9-2-3-10-25/h4-8,11-12H,2-3,9-10,21H2,1H3. The molecule has 3 aromatic heterocycles. The van der Waals surface area contributed by atoms with Crippen molar-refractivity contribution >= 4 is 34.1 Å². The second-order valence-corrected chi connectivity index (χ2v) is 7.83. The first kappa shape index (κ1) is 16.3. The first-order valence-electron chi connectivity index (χ1n) is 9.13. The zero-order valence-corrected chi connectivity index (χ0v) is 15.9. The largest absolute Gasteiger partial charge is 0.383 e. The number of aromatic nitrogens is 4. The summed E-state index contributed by atoms with van der Waals surface area (Å²) in [5.74, 6) is 1.32. The number of nitrogens with zero attached hydrogens (tertiary/aromatic N) is 5. The summed E-state index contributed by atoms with van der Waals surface area (Å²) in [4.78, 5) is 13.0. The third-order valence-electron chi connectivity index (χ3n) is 4.95. The number of fused-ring (bicyclic) bond motifs is 1. The van der Waals surface area contributed by atoms with Crippen molar-refractivity contribution in [2.75, 3.05) is 23.7 Å². The molecule has 1 aliphatic rings. The van der Waals surface area contributed by atoms with Gasteiger partial charge in [-0.25, -0.2) is 9.67 Å². The molecule has 0 radical (unpaired) electrons. The molecule has 0 saturated carbocycles. The summed E-state index contributed by atoms with van der Waals surface area (Å²) in [5.41, 5.74) is 10.2. The molecule has 0 spiro atoms. The molecule has 0 aliphatic carbocycles. The minimum Gasteiger partial charge on any atom is -0.383 e. The Morgan fingerprint density at radius 2 is 1.93 bits per heavy atom. The molecule has 0 bridgehead atoms. The van der Waals surface area contributed by atoms with Crippen molar-refractivity contribution in [1.29, 1.82) is 0 Å². The number of hydrogen-bond donors (Lipinski definition) is 1. The van der Waals surface area contributed by atoms with Crippen LogP contribution in [0.25, 0.3) is 27.3 Å². The Morgan fingerprint density at radius 3 is 2.67 bits per heavy atom. The molecule has 0 amide bonds. The Labute approximate surface area is 161 Å². The van der Waals surface area contributed by atoms with Crippen molar-refractivity contribution in [3.05, 3.63) is 47.3 Å². The highest BCUT2D eigenvalue weighted by atomic mass is 32.1. The third-order valence-corrected chi connectivity index (χ3v) is 5.82. The maximum absolute atomic E-state index is 6.54. The van der Waals surface area contributed by atoms with Crippen molar-refractivity contribution in [3.63, 3.8) is 0 Å². The van der Waals surface area contributed by atoms with Crippen LogP contribution in [0.4, 0.5) is 11.8 Å². The molecule has 27 heavy (non-hydrogen) atoms. The monoisotopic (exact) mass is 376 g/mol. The molecular formula is C20H20N6S. The van der Waals surface area contributed by atoms with Gasteiger partial charge in [0.15, 0.2) is 5.65 Å². The first-order valence-corrected chi connectivity index (χ1v) is 10.0. The Balaban J connectivity index is 1.76. The van der Waals surface area contributed by atoms with Gasteiger partial charge in [-0.2, -0.15) is 4.98 Å². The topological polar surface area (TPSA) is 72.9 Å². The zero-order chi connectivity index (χ0) is 18.4. The first-order chi connectivity index (χ1) is 13.2. The predicted molar refractivity (Wildman–Crippen MR) is 111 cm³/mol. The highest BCUT2D eigenvalue weighted by Gasteiger charge is 2.23. The van der Waals surface area contributed by atoms with E-state index in [2.05, 4.69) is 35.4 Å². The number of anilines is 2. The van der Waals surface area contributed by atoms with Crippen LogP contribution in [0.3, 0.4) is 0 Å². The summed E-state index contributed by atoms with van der Waals surface area (Å²) < 4.78 is 1.78. The molecule has 2 N–H and O–H groups in total. The summed E-state index contributed by atoms with van der Waals surface area (Å²) >= 11 is 1.66. The normalized spacial score (nSPS) is 14.3. The Hall–Kier alpha value is -2.93. The van der Waals surface area contributed by atoms with Crippen LogP contribution in [0.1, 0.15) is 18.4 Å². The van der Waals surface area contributed by atoms with Gasteiger partial charge in [-0.1, -0.05) is 18.2 Å². The lowest BCUT2D eigenvalue weighted by molar-refractivity contribution is 0.883. The van der Waals surface area contributed by atoms with Crippen LogP contribution < -0.4 is 10.6 Å². The minimum atomic E-state index is 0.576. The van der Waals surface area contributed by atoms with E-state index in [-0.39, 0.29) is 0 Å². The molecule has 4 aromatic rings. The molecule has 0 atom stereocenters. The number of aryl methyl sites for hydroxylation is 1. The Morgan fingerprint density at radius 1 is 1.07 bits per heavy atom. The fourth-order valence-corrected chi connectivity index (χ4v) is 4.33. The molecule has 1 saturated heterocycles. The zero-order valence-electron chi connectivity index (χ0n) is 15.1. The Kier molecular flexibility index (Phi) is 3.82. The summed E-state index contributed by atoms with van der Waals surface area (Å²) in [5, 5.41) is 7.62. The molecule has 5 rings (SSSR count). The lowest BCUT2D eigenvalue weighted by Crippen LogP contribution is -2.20. The maximum Gasteiger partial charge on any atom is 0.228 e. The van der Waals surface area contributed by atoms with Crippen LogP contribution >= 0.6 is 11.3 Å². The molecule has 1 aromatic carbocycles. The molecule has 6 nitrogen and oxygen atoms in total. The fraction of sp³-hybridized carbons (Fsp3) is 0.250. The average molecular weight is 376 g/mol. The van der Waals surface area contributed by atoms with Gasteiger partial charge >= 0.3 is 0 Å². The Bertz CT molecular complexity index is 1110. The number of hydrogen-bond acceptors (Lipinski definition) is 6. The number of thiophene rings is 1. The predicted octanol–water partition coefficient (Wildman–Crippen LogP) is 4.03. The number of benzene rings is 1. The molecule has 4 heterocycles. The van der Waals surface area contributed by atoms with Gasteiger partial charge in [0.1, 0.15) is 5.82 Å². The van der Waals surface area contributed by atoms with E-state index in [0.717, 1.165) is 46.2 Å². The van der Waals surface area contributed by atoms with E-state index in [9.17, 15) is 0 Å². The summed E-state index contributed by atoms with van der Waals surface area (Å²) in [6.07, 6.45) is 2.35. The van der Waals surface area contributed by atoms with Gasteiger partial charge in [0.25, 0.3) is 0 Å². The van der Waals surface area contributed by atoms with Gasteiger partial charge in [0, 0.05) is 13.1 Å². The van der Waals surface area contributed by atoms with E-state index in [4.69, 9.17) is 20.8 Å². The second kappa shape index (κ2) is 6.35. The van der Waals surface area contributed by atoms with Crippen molar-refractivity contribution < 1.29 is 0 Å². The summed E-state index contributed by atoms with van der Waals surface area (Å²) in [6.45, 7) is 4.04. The number of rotatable bonds is 3. The van der Waals surface area contributed by atoms with E-state index in [1.165, 1.54) is 12.8 Å². The smallest absolute Gasteiger partial charge is 0.228 e. The van der Waals surface area contributed by atoms with Gasteiger partial charge < -0.3 is 10.6 Å². The van der Waals surface area contributed by atoms with Gasteiger partial charge in [0.05, 0.1) is 21.6 Å². The summed E-state index contributed by atoms with van der Waals surface area (Å²) in [7, 11) is 0. The van der Waals surface area contributed by atoms with Crippen molar-refractivity contribution in [3.8, 4) is 16.3 Å². The second-order valence-electron chi connectivity index (χ2n) is 6.88. The maximum atomic E-state index is 6.54. The van der Waals surface area contributed by atoms with E-state index in [1.54, 1.807) is 16.0 Å². The highest BCUT2D eigenvalue weighted by molar-refractivity contribution is 7.13. The van der Waals surface area contributed by atoms with Gasteiger partial charge in [-0.05, 0) is 48.9 Å². The molecule has 0 unspecified atom stereocenters. The minimum absolute atomic E-state index is 0.576. The van der Waals surface area contributed by atoms with Crippen molar-refractivity contribution in [1.82, 2.24) is 19.7 Å². The van der Waals surface area contributed by atoms with Crippen LogP contribution in [0, 0.1) is 6.92 Å². The van der Waals surface area contributed by atoms with Gasteiger partial charge in [0.2, 0.25) is 5.95 Å². The van der Waals surface area contributed by atoms with Crippen LogP contribution in [-0.4, -0.2) is 32.8 Å². The van der Waals surface area contributed by atoms with Crippen molar-refractivity contribution in [2.24, 2.45) is 0 Å². The molecular weight excluding hydrogens is 356 g/mol. The highest BCUT2D eigenvalue weighted by Crippen LogP contribution is 2.35. The van der Waals surface area contributed by atoms with E-state index in [0.29, 0.717) is 11.5 Å². The quantitative estimate of drug-likeness (QED) is 0.584. The van der Waals surface area contributed by atoms with E-state index in [1.807, 2.05) is 18.2 Å². The van der Waals surface area contributed by atoms with Crippen LogP contribution in [0.2, 0.25) is 0 Å². The van der Waals surface area contributed by atoms with Gasteiger partial charge in [-0.15, -0.1) is 16.4 Å². The summed E-state index contributed by atoms with van der Waals surface area (Å²) in [6, 6.07) is 12.3. The molecule has 136 valence electrons. The third kappa shape index (κ3) is 2.75. The SMILES string of the molecule is Cc1cccc(-n2nc3nc(N4CCCC4)nc(-c4cccs4)c3c2N)c1. The van der Waals surface area contributed by atoms with E-state index < -0.39 is 0 Å². The lowest BCUT2D eigenvalue weighted by atomic mass is 10.2. The number of nitrogens with two attached hydrogens (primary N) is 1. The molecule has 1 fully saturated rings. The van der Waals surface area contributed by atoms with Crippen LogP contribution in [0.5, 0.6) is 0 Å². The van der Waals surface area contributed by atoms with Gasteiger partial charge in [-0.3, -0.25) is 0 Å². The van der Waals surface area contributed by atoms with Crippen LogP contribution in [-0.2, 0) is 0 Å². The number of nitrogen functional groups attached to an aromatic ring is 1. The van der Waals surface area contributed by atoms with Crippen molar-refractivity contribution in [2.45, 2.75) is 19.8 Å². The molecule has 1 aliphatic heterocycles. The lowest BCUT2D eigenvalue weighted by Gasteiger charge is -2.15. The molecule has 7 heteroatoms. The fourth-order valence-electron chi connectivity index (χ4n) is 3.61. The average Bonchev–Trinajstić information content (AvgIpc) is 3.43. The van der Waals surface area contributed by atoms with Crippen LogP contribution in [0.15, 0.2) is 41.8 Å². The van der Waals surface area contributed by atoms with E-state index >= 15 is 0 Å².